The number of rotatable bonds is 5. The average Bonchev–Trinajstić information content (AvgIpc) is 2.41. The number of hydrogen-bond donors (Lipinski definition) is 1. The number of carbonyl (C=O) groups excluding carboxylic acids is 1. The van der Waals surface area contributed by atoms with Crippen molar-refractivity contribution in [3.05, 3.63) is 52.1 Å². The van der Waals surface area contributed by atoms with Gasteiger partial charge in [0.25, 0.3) is 0 Å². The summed E-state index contributed by atoms with van der Waals surface area (Å²) >= 11 is 0. The van der Waals surface area contributed by atoms with Gasteiger partial charge in [0.15, 0.2) is 0 Å². The Hall–Kier alpha value is -2.10. The van der Waals surface area contributed by atoms with Crippen molar-refractivity contribution in [2.45, 2.75) is 12.8 Å². The highest BCUT2D eigenvalue weighted by Gasteiger charge is 2.04. The summed E-state index contributed by atoms with van der Waals surface area (Å²) in [6.45, 7) is 21.5. The van der Waals surface area contributed by atoms with E-state index in [1.165, 1.54) is 6.08 Å². The van der Waals surface area contributed by atoms with Crippen molar-refractivity contribution in [2.24, 2.45) is 0 Å². The van der Waals surface area contributed by atoms with Gasteiger partial charge in [0.1, 0.15) is 6.61 Å². The van der Waals surface area contributed by atoms with Gasteiger partial charge in [0, 0.05) is 0 Å². The topological polar surface area (TPSA) is 63.6 Å². The zero-order valence-corrected chi connectivity index (χ0v) is 10.3. The molecule has 0 saturated heterocycles. The maximum atomic E-state index is 10.6. The number of esters is 1. The Bertz CT molecular complexity index is 195. The van der Waals surface area contributed by atoms with Gasteiger partial charge >= 0.3 is 11.9 Å². The summed E-state index contributed by atoms with van der Waals surface area (Å²) < 4.78 is 4.52. The molecule has 98 valence electrons. The summed E-state index contributed by atoms with van der Waals surface area (Å²) in [7, 11) is 0. The van der Waals surface area contributed by atoms with E-state index >= 15 is 0 Å². The molecule has 0 aromatic heterocycles. The molecule has 1 N–H and O–H groups in total. The second-order valence-corrected chi connectivity index (χ2v) is 1.87. The van der Waals surface area contributed by atoms with Crippen molar-refractivity contribution >= 4 is 11.9 Å². The quantitative estimate of drug-likeness (QED) is 0.594. The number of aliphatic carboxylic acids is 1. The highest BCUT2D eigenvalue weighted by Crippen LogP contribution is 1.92. The Labute approximate surface area is 104 Å². The van der Waals surface area contributed by atoms with E-state index < -0.39 is 11.9 Å². The van der Waals surface area contributed by atoms with E-state index in [4.69, 9.17) is 5.11 Å². The van der Waals surface area contributed by atoms with Gasteiger partial charge < -0.3 is 9.84 Å². The standard InChI is InChI=1S/C7H10O4.3C2H4/c1-2-5-11-7(10)4-3-6(8)9;3*1-2/h2H,1,3-5H2,(H,8,9);3*1-2H2. The summed E-state index contributed by atoms with van der Waals surface area (Å²) in [6, 6.07) is 0. The van der Waals surface area contributed by atoms with Crippen molar-refractivity contribution in [3.8, 4) is 0 Å². The second-order valence-electron chi connectivity index (χ2n) is 1.87. The van der Waals surface area contributed by atoms with Crippen LogP contribution in [0, 0.1) is 0 Å². The van der Waals surface area contributed by atoms with Crippen molar-refractivity contribution in [2.75, 3.05) is 6.61 Å². The van der Waals surface area contributed by atoms with Crippen LogP contribution in [0.15, 0.2) is 52.1 Å². The van der Waals surface area contributed by atoms with Crippen LogP contribution in [0.1, 0.15) is 12.8 Å². The van der Waals surface area contributed by atoms with Crippen LogP contribution in [-0.4, -0.2) is 23.7 Å². The molecule has 17 heavy (non-hydrogen) atoms. The zero-order chi connectivity index (χ0) is 14.7. The molecule has 0 atom stereocenters. The van der Waals surface area contributed by atoms with E-state index in [1.54, 1.807) is 0 Å². The molecule has 0 fully saturated rings. The first kappa shape index (κ1) is 24.2. The van der Waals surface area contributed by atoms with Crippen LogP contribution in [0.25, 0.3) is 0 Å². The number of carbonyl (C=O) groups is 2. The van der Waals surface area contributed by atoms with Crippen LogP contribution >= 0.6 is 0 Å². The molecule has 0 spiro atoms. The summed E-state index contributed by atoms with van der Waals surface area (Å²) in [5.74, 6) is -1.51. The van der Waals surface area contributed by atoms with Gasteiger partial charge in [0.05, 0.1) is 12.8 Å². The monoisotopic (exact) mass is 242 g/mol. The van der Waals surface area contributed by atoms with Crippen molar-refractivity contribution in [3.63, 3.8) is 0 Å². The molecule has 4 heteroatoms. The summed E-state index contributed by atoms with van der Waals surface area (Å²) in [5, 5.41) is 8.16. The molecule has 0 aliphatic carbocycles. The lowest BCUT2D eigenvalue weighted by molar-refractivity contribution is -0.146. The molecule has 4 nitrogen and oxygen atoms in total. The van der Waals surface area contributed by atoms with Crippen LogP contribution in [-0.2, 0) is 14.3 Å². The fourth-order valence-electron chi connectivity index (χ4n) is 0.433. The first-order chi connectivity index (χ1) is 8.16. The van der Waals surface area contributed by atoms with Crippen LogP contribution < -0.4 is 0 Å². The summed E-state index contributed by atoms with van der Waals surface area (Å²) in [5.41, 5.74) is 0. The Kier molecular flexibility index (Phi) is 41.6. The van der Waals surface area contributed by atoms with Gasteiger partial charge in [-0.3, -0.25) is 9.59 Å². The molecule has 0 aromatic rings. The lowest BCUT2D eigenvalue weighted by Crippen LogP contribution is -2.07. The Balaban J connectivity index is -0.000000121. The van der Waals surface area contributed by atoms with E-state index in [9.17, 15) is 9.59 Å². The van der Waals surface area contributed by atoms with Gasteiger partial charge in [-0.15, -0.1) is 39.5 Å². The number of carboxylic acids is 1. The SMILES string of the molecule is C=C.C=C.C=C.C=CCOC(=O)CCC(=O)O. The van der Waals surface area contributed by atoms with E-state index in [-0.39, 0.29) is 19.4 Å². The van der Waals surface area contributed by atoms with E-state index in [1.807, 2.05) is 0 Å². The van der Waals surface area contributed by atoms with E-state index in [0.717, 1.165) is 0 Å². The molecule has 0 bridgehead atoms. The second kappa shape index (κ2) is 29.2. The Morgan fingerprint density at radius 3 is 1.71 bits per heavy atom. The first-order valence-corrected chi connectivity index (χ1v) is 4.65. The molecule has 0 saturated carbocycles. The molecular weight excluding hydrogens is 220 g/mol. The molecule has 0 unspecified atom stereocenters. The normalized spacial score (nSPS) is 6.35. The van der Waals surface area contributed by atoms with Crippen molar-refractivity contribution < 1.29 is 19.4 Å². The van der Waals surface area contributed by atoms with E-state index in [2.05, 4.69) is 50.8 Å². The molecule has 0 aliphatic heterocycles. The zero-order valence-electron chi connectivity index (χ0n) is 10.3. The first-order valence-electron chi connectivity index (χ1n) is 4.65. The fraction of sp³-hybridized carbons (Fsp3) is 0.231. The fourth-order valence-corrected chi connectivity index (χ4v) is 0.433. The molecule has 0 heterocycles. The highest BCUT2D eigenvalue weighted by atomic mass is 16.5. The van der Waals surface area contributed by atoms with E-state index in [0.29, 0.717) is 0 Å². The van der Waals surface area contributed by atoms with Crippen LogP contribution in [0.4, 0.5) is 0 Å². The number of hydrogen-bond acceptors (Lipinski definition) is 3. The van der Waals surface area contributed by atoms with Crippen LogP contribution in [0.5, 0.6) is 0 Å². The Morgan fingerprint density at radius 2 is 1.41 bits per heavy atom. The predicted molar refractivity (Wildman–Crippen MR) is 71.8 cm³/mol. The largest absolute Gasteiger partial charge is 0.481 e. The molecule has 0 amide bonds. The predicted octanol–water partition coefficient (Wildman–Crippen LogP) is 2.99. The van der Waals surface area contributed by atoms with Crippen molar-refractivity contribution in [1.82, 2.24) is 0 Å². The minimum absolute atomic E-state index is 0.0802. The van der Waals surface area contributed by atoms with Crippen LogP contribution in [0.3, 0.4) is 0 Å². The Morgan fingerprint density at radius 1 is 1.00 bits per heavy atom. The number of ether oxygens (including phenoxy) is 1. The molecule has 0 aromatic carbocycles. The molecular formula is C13H22O4. The molecule has 0 aliphatic rings. The minimum Gasteiger partial charge on any atom is -0.481 e. The third kappa shape index (κ3) is 41.3. The van der Waals surface area contributed by atoms with Gasteiger partial charge in [-0.2, -0.15) is 0 Å². The lowest BCUT2D eigenvalue weighted by Gasteiger charge is -1.98. The van der Waals surface area contributed by atoms with Gasteiger partial charge in [-0.25, -0.2) is 0 Å². The van der Waals surface area contributed by atoms with Gasteiger partial charge in [-0.05, 0) is 0 Å². The van der Waals surface area contributed by atoms with Gasteiger partial charge in [0.2, 0.25) is 0 Å². The summed E-state index contributed by atoms with van der Waals surface area (Å²) in [4.78, 5) is 20.5. The lowest BCUT2D eigenvalue weighted by atomic mass is 10.3. The summed E-state index contributed by atoms with van der Waals surface area (Å²) in [6.07, 6.45) is 1.16. The molecule has 0 radical (unpaired) electrons. The van der Waals surface area contributed by atoms with Crippen molar-refractivity contribution in [1.29, 1.82) is 0 Å². The smallest absolute Gasteiger partial charge is 0.306 e. The maximum Gasteiger partial charge on any atom is 0.306 e. The highest BCUT2D eigenvalue weighted by molar-refractivity contribution is 5.76. The molecule has 0 rings (SSSR count). The minimum atomic E-state index is -0.999. The maximum absolute atomic E-state index is 10.6. The third-order valence-electron chi connectivity index (χ3n) is 0.905. The average molecular weight is 242 g/mol. The van der Waals surface area contributed by atoms with Crippen LogP contribution in [0.2, 0.25) is 0 Å². The third-order valence-corrected chi connectivity index (χ3v) is 0.905. The number of carboxylic acid groups (broad SMARTS) is 1. The van der Waals surface area contributed by atoms with Gasteiger partial charge in [-0.1, -0.05) is 12.7 Å².